The summed E-state index contributed by atoms with van der Waals surface area (Å²) in [6, 6.07) is 0. The molecule has 1 aromatic rings. The SMILES string of the molecule is CC1(C)CC(=O)c2sc(NC(=O)OC(C)(C)C)nc2C1. The molecule has 110 valence electrons. The summed E-state index contributed by atoms with van der Waals surface area (Å²) in [7, 11) is 0. The van der Waals surface area contributed by atoms with Crippen molar-refractivity contribution in [1.29, 1.82) is 0 Å². The van der Waals surface area contributed by atoms with Crippen LogP contribution in [-0.4, -0.2) is 22.5 Å². The van der Waals surface area contributed by atoms with E-state index < -0.39 is 11.7 Å². The van der Waals surface area contributed by atoms with E-state index in [1.807, 2.05) is 13.8 Å². The average Bonchev–Trinajstić information content (AvgIpc) is 2.54. The van der Waals surface area contributed by atoms with Crippen molar-refractivity contribution in [3.05, 3.63) is 10.6 Å². The summed E-state index contributed by atoms with van der Waals surface area (Å²) < 4.78 is 5.17. The molecule has 0 aliphatic heterocycles. The maximum absolute atomic E-state index is 12.1. The van der Waals surface area contributed by atoms with Gasteiger partial charge in [-0.15, -0.1) is 0 Å². The number of Topliss-reactive ketones (excluding diaryl/α,β-unsaturated/α-hetero) is 1. The van der Waals surface area contributed by atoms with Crippen LogP contribution in [0.5, 0.6) is 0 Å². The van der Waals surface area contributed by atoms with Gasteiger partial charge in [0, 0.05) is 6.42 Å². The molecule has 1 aliphatic rings. The van der Waals surface area contributed by atoms with Crippen molar-refractivity contribution in [1.82, 2.24) is 4.98 Å². The van der Waals surface area contributed by atoms with Gasteiger partial charge < -0.3 is 4.74 Å². The number of thiazole rings is 1. The molecule has 20 heavy (non-hydrogen) atoms. The van der Waals surface area contributed by atoms with Crippen LogP contribution in [0.2, 0.25) is 0 Å². The summed E-state index contributed by atoms with van der Waals surface area (Å²) >= 11 is 1.23. The standard InChI is InChI=1S/C14H20N2O3S/c1-13(2,3)19-12(18)16-11-15-8-6-14(4,5)7-9(17)10(8)20-11/h6-7H2,1-5H3,(H,15,16,18). The van der Waals surface area contributed by atoms with E-state index in [-0.39, 0.29) is 11.2 Å². The second-order valence-electron chi connectivity index (χ2n) is 6.86. The van der Waals surface area contributed by atoms with Crippen molar-refractivity contribution < 1.29 is 14.3 Å². The molecule has 1 heterocycles. The lowest BCUT2D eigenvalue weighted by Crippen LogP contribution is -2.27. The monoisotopic (exact) mass is 296 g/mol. The number of nitrogens with one attached hydrogen (secondary N) is 1. The van der Waals surface area contributed by atoms with E-state index in [2.05, 4.69) is 10.3 Å². The molecule has 0 aromatic carbocycles. The molecular weight excluding hydrogens is 276 g/mol. The Hall–Kier alpha value is -1.43. The Bertz CT molecular complexity index is 555. The van der Waals surface area contributed by atoms with Gasteiger partial charge in [0.15, 0.2) is 10.9 Å². The minimum Gasteiger partial charge on any atom is -0.444 e. The van der Waals surface area contributed by atoms with Gasteiger partial charge in [-0.25, -0.2) is 9.78 Å². The fraction of sp³-hybridized carbons (Fsp3) is 0.643. The molecule has 1 aromatic heterocycles. The second-order valence-corrected chi connectivity index (χ2v) is 7.86. The molecular formula is C14H20N2O3S. The molecule has 5 nitrogen and oxygen atoms in total. The number of aromatic nitrogens is 1. The van der Waals surface area contributed by atoms with Crippen LogP contribution in [0, 0.1) is 5.41 Å². The Balaban J connectivity index is 2.13. The highest BCUT2D eigenvalue weighted by molar-refractivity contribution is 7.17. The number of ketones is 1. The number of hydrogen-bond donors (Lipinski definition) is 1. The third-order valence-corrected chi connectivity index (χ3v) is 3.90. The van der Waals surface area contributed by atoms with E-state index in [0.717, 1.165) is 12.1 Å². The average molecular weight is 296 g/mol. The van der Waals surface area contributed by atoms with Gasteiger partial charge in [0.1, 0.15) is 5.60 Å². The Morgan fingerprint density at radius 2 is 2.00 bits per heavy atom. The number of anilines is 1. The van der Waals surface area contributed by atoms with E-state index >= 15 is 0 Å². The lowest BCUT2D eigenvalue weighted by molar-refractivity contribution is 0.0635. The molecule has 0 atom stereocenters. The van der Waals surface area contributed by atoms with Gasteiger partial charge in [0.2, 0.25) is 0 Å². The highest BCUT2D eigenvalue weighted by Gasteiger charge is 2.34. The lowest BCUT2D eigenvalue weighted by atomic mass is 9.78. The number of hydrogen-bond acceptors (Lipinski definition) is 5. The Morgan fingerprint density at radius 1 is 1.35 bits per heavy atom. The molecule has 6 heteroatoms. The van der Waals surface area contributed by atoms with E-state index in [9.17, 15) is 9.59 Å². The maximum atomic E-state index is 12.1. The summed E-state index contributed by atoms with van der Waals surface area (Å²) in [6.45, 7) is 9.49. The first-order chi connectivity index (χ1) is 9.06. The molecule has 0 unspecified atom stereocenters. The number of carbonyl (C=O) groups excluding carboxylic acids is 2. The smallest absolute Gasteiger partial charge is 0.413 e. The Kier molecular flexibility index (Phi) is 3.62. The van der Waals surface area contributed by atoms with Gasteiger partial charge in [0.25, 0.3) is 0 Å². The first kappa shape index (κ1) is 15.0. The van der Waals surface area contributed by atoms with Crippen LogP contribution in [-0.2, 0) is 11.2 Å². The van der Waals surface area contributed by atoms with Crippen molar-refractivity contribution in [3.63, 3.8) is 0 Å². The zero-order chi connectivity index (χ0) is 15.1. The van der Waals surface area contributed by atoms with E-state index in [0.29, 0.717) is 16.4 Å². The molecule has 2 rings (SSSR count). The number of nitrogens with zero attached hydrogens (tertiary/aromatic N) is 1. The van der Waals surface area contributed by atoms with Crippen LogP contribution in [0.25, 0.3) is 0 Å². The molecule has 0 bridgehead atoms. The molecule has 0 radical (unpaired) electrons. The number of carbonyl (C=O) groups is 2. The van der Waals surface area contributed by atoms with Gasteiger partial charge in [-0.2, -0.15) is 0 Å². The molecule has 1 amide bonds. The molecule has 1 aliphatic carbocycles. The molecule has 1 N–H and O–H groups in total. The van der Waals surface area contributed by atoms with E-state index in [4.69, 9.17) is 4.74 Å². The van der Waals surface area contributed by atoms with Crippen molar-refractivity contribution in [2.45, 2.75) is 53.1 Å². The molecule has 0 fully saturated rings. The normalized spacial score (nSPS) is 17.6. The largest absolute Gasteiger partial charge is 0.444 e. The first-order valence-corrected chi connectivity index (χ1v) is 7.40. The van der Waals surface area contributed by atoms with Crippen molar-refractivity contribution >= 4 is 28.3 Å². The second kappa shape index (κ2) is 4.84. The highest BCUT2D eigenvalue weighted by Crippen LogP contribution is 2.38. The highest BCUT2D eigenvalue weighted by atomic mass is 32.1. The van der Waals surface area contributed by atoms with Crippen LogP contribution in [0.3, 0.4) is 0 Å². The summed E-state index contributed by atoms with van der Waals surface area (Å²) in [6.07, 6.45) is 0.726. The fourth-order valence-electron chi connectivity index (χ4n) is 2.16. The Labute approximate surface area is 122 Å². The van der Waals surface area contributed by atoms with E-state index in [1.165, 1.54) is 11.3 Å². The number of fused-ring (bicyclic) bond motifs is 1. The van der Waals surface area contributed by atoms with Crippen LogP contribution >= 0.6 is 11.3 Å². The summed E-state index contributed by atoms with van der Waals surface area (Å²) in [4.78, 5) is 28.8. The molecule has 0 spiro atoms. The number of amides is 1. The summed E-state index contributed by atoms with van der Waals surface area (Å²) in [5, 5.41) is 3.02. The first-order valence-electron chi connectivity index (χ1n) is 6.59. The quantitative estimate of drug-likeness (QED) is 0.859. The predicted octanol–water partition coefficient (Wildman–Crippen LogP) is 3.65. The van der Waals surface area contributed by atoms with Gasteiger partial charge in [-0.1, -0.05) is 25.2 Å². The van der Waals surface area contributed by atoms with Crippen molar-refractivity contribution in [3.8, 4) is 0 Å². The minimum absolute atomic E-state index is 0.0681. The topological polar surface area (TPSA) is 68.3 Å². The predicted molar refractivity (Wildman–Crippen MR) is 78.4 cm³/mol. The number of rotatable bonds is 1. The summed E-state index contributed by atoms with van der Waals surface area (Å²) in [5.41, 5.74) is 0.155. The van der Waals surface area contributed by atoms with Gasteiger partial charge >= 0.3 is 6.09 Å². The maximum Gasteiger partial charge on any atom is 0.413 e. The van der Waals surface area contributed by atoms with Crippen molar-refractivity contribution in [2.75, 3.05) is 5.32 Å². The van der Waals surface area contributed by atoms with Gasteiger partial charge in [-0.05, 0) is 32.6 Å². The summed E-state index contributed by atoms with van der Waals surface area (Å²) in [5.74, 6) is 0.103. The van der Waals surface area contributed by atoms with Crippen molar-refractivity contribution in [2.24, 2.45) is 5.41 Å². The zero-order valence-electron chi connectivity index (χ0n) is 12.5. The molecule has 0 saturated carbocycles. The minimum atomic E-state index is -0.557. The fourth-order valence-corrected chi connectivity index (χ4v) is 3.07. The van der Waals surface area contributed by atoms with E-state index in [1.54, 1.807) is 20.8 Å². The zero-order valence-corrected chi connectivity index (χ0v) is 13.3. The van der Waals surface area contributed by atoms with Crippen LogP contribution < -0.4 is 5.32 Å². The lowest BCUT2D eigenvalue weighted by Gasteiger charge is -2.26. The van der Waals surface area contributed by atoms with Crippen LogP contribution in [0.1, 0.15) is 56.4 Å². The van der Waals surface area contributed by atoms with Crippen LogP contribution in [0.15, 0.2) is 0 Å². The number of ether oxygens (including phenoxy) is 1. The van der Waals surface area contributed by atoms with Gasteiger partial charge in [-0.3, -0.25) is 10.1 Å². The third kappa shape index (κ3) is 3.56. The molecule has 0 saturated heterocycles. The van der Waals surface area contributed by atoms with Crippen LogP contribution in [0.4, 0.5) is 9.93 Å². The van der Waals surface area contributed by atoms with Gasteiger partial charge in [0.05, 0.1) is 10.6 Å². The Morgan fingerprint density at radius 3 is 2.60 bits per heavy atom. The third-order valence-electron chi connectivity index (χ3n) is 2.84.